The maximum absolute atomic E-state index is 13.6. The van der Waals surface area contributed by atoms with E-state index in [1.807, 2.05) is 61.5 Å². The summed E-state index contributed by atoms with van der Waals surface area (Å²) in [5.41, 5.74) is 2.68. The molecule has 0 aliphatic heterocycles. The molecule has 1 atom stereocenters. The molecular weight excluding hydrogens is 498 g/mol. The summed E-state index contributed by atoms with van der Waals surface area (Å²) in [6.07, 6.45) is 8.48. The number of nitrogens with zero attached hydrogens (tertiary/aromatic N) is 2. The number of aryl methyl sites for hydroxylation is 1. The number of anilines is 1. The average molecular weight is 542 g/mol. The van der Waals surface area contributed by atoms with Gasteiger partial charge in [0.05, 0.1) is 11.9 Å². The molecule has 1 N–H and O–H groups in total. The van der Waals surface area contributed by atoms with Gasteiger partial charge in [-0.15, -0.1) is 0 Å². The Morgan fingerprint density at radius 2 is 1.61 bits per heavy atom. The zero-order valence-corrected chi connectivity index (χ0v) is 23.9. The normalized spacial score (nSPS) is 15.0. The molecule has 1 fully saturated rings. The fourth-order valence-electron chi connectivity index (χ4n) is 5.15. The van der Waals surface area contributed by atoms with Crippen molar-refractivity contribution in [3.63, 3.8) is 0 Å². The van der Waals surface area contributed by atoms with E-state index in [9.17, 15) is 18.0 Å². The number of carbonyl (C=O) groups is 2. The molecule has 0 bridgehead atoms. The van der Waals surface area contributed by atoms with Crippen LogP contribution in [0.2, 0.25) is 0 Å². The zero-order chi connectivity index (χ0) is 27.5. The Balaban J connectivity index is 1.72. The van der Waals surface area contributed by atoms with E-state index in [1.165, 1.54) is 17.0 Å². The summed E-state index contributed by atoms with van der Waals surface area (Å²) < 4.78 is 26.5. The molecule has 0 aromatic heterocycles. The van der Waals surface area contributed by atoms with Crippen LogP contribution in [0.5, 0.6) is 0 Å². The van der Waals surface area contributed by atoms with Crippen LogP contribution >= 0.6 is 0 Å². The van der Waals surface area contributed by atoms with E-state index in [4.69, 9.17) is 0 Å². The minimum atomic E-state index is -3.51. The van der Waals surface area contributed by atoms with Gasteiger partial charge in [0.15, 0.2) is 0 Å². The highest BCUT2D eigenvalue weighted by molar-refractivity contribution is 7.92. The van der Waals surface area contributed by atoms with Gasteiger partial charge < -0.3 is 10.2 Å². The third-order valence-electron chi connectivity index (χ3n) is 7.32. The minimum Gasteiger partial charge on any atom is -0.352 e. The summed E-state index contributed by atoms with van der Waals surface area (Å²) >= 11 is 0. The number of nitrogens with one attached hydrogen (secondary N) is 1. The molecule has 0 unspecified atom stereocenters. The summed E-state index contributed by atoms with van der Waals surface area (Å²) in [4.78, 5) is 28.6. The molecule has 0 saturated heterocycles. The maximum Gasteiger partial charge on any atom is 0.243 e. The van der Waals surface area contributed by atoms with Crippen LogP contribution in [0.1, 0.15) is 76.3 Å². The number of rotatable bonds is 13. The van der Waals surface area contributed by atoms with Crippen molar-refractivity contribution >= 4 is 27.5 Å². The van der Waals surface area contributed by atoms with Crippen LogP contribution < -0.4 is 9.62 Å². The monoisotopic (exact) mass is 541 g/mol. The standard InChI is InChI=1S/C30H43N3O4S/c1-4-24-18-20-27(21-19-24)33(38(3,36)37)22-12-17-29(34)32(23-25-13-8-6-9-14-25)28(5-2)30(35)31-26-15-10-7-11-16-26/h6,8-9,13-14,18-21,26,28H,4-5,7,10-12,15-17,22-23H2,1-3H3,(H,31,35)/t28-/m0/s1. The highest BCUT2D eigenvalue weighted by Crippen LogP contribution is 2.22. The van der Waals surface area contributed by atoms with Crippen molar-refractivity contribution in [1.82, 2.24) is 10.2 Å². The first-order valence-electron chi connectivity index (χ1n) is 13.9. The Labute approximate surface area is 228 Å². The van der Waals surface area contributed by atoms with Crippen molar-refractivity contribution in [3.05, 3.63) is 65.7 Å². The number of hydrogen-bond acceptors (Lipinski definition) is 4. The van der Waals surface area contributed by atoms with Gasteiger partial charge in [-0.05, 0) is 55.4 Å². The molecule has 0 heterocycles. The van der Waals surface area contributed by atoms with E-state index in [0.29, 0.717) is 25.1 Å². The minimum absolute atomic E-state index is 0.0996. The second kappa shape index (κ2) is 14.3. The van der Waals surface area contributed by atoms with E-state index < -0.39 is 16.1 Å². The van der Waals surface area contributed by atoms with Crippen LogP contribution in [-0.4, -0.2) is 50.0 Å². The Morgan fingerprint density at radius 1 is 0.947 bits per heavy atom. The SMILES string of the molecule is CCc1ccc(N(CCCC(=O)N(Cc2ccccc2)[C@@H](CC)C(=O)NC2CCCCC2)S(C)(=O)=O)cc1. The molecular formula is C30H43N3O4S. The van der Waals surface area contributed by atoms with E-state index in [-0.39, 0.29) is 30.8 Å². The molecule has 208 valence electrons. The molecule has 0 spiro atoms. The van der Waals surface area contributed by atoms with Crippen LogP contribution in [0.4, 0.5) is 5.69 Å². The zero-order valence-electron chi connectivity index (χ0n) is 23.1. The molecule has 0 radical (unpaired) electrons. The molecule has 2 aromatic carbocycles. The lowest BCUT2D eigenvalue weighted by Gasteiger charge is -2.33. The summed E-state index contributed by atoms with van der Waals surface area (Å²) in [5, 5.41) is 3.20. The summed E-state index contributed by atoms with van der Waals surface area (Å²) in [6, 6.07) is 16.8. The molecule has 1 aliphatic carbocycles. The molecule has 3 rings (SSSR count). The first-order chi connectivity index (χ1) is 18.2. The Hall–Kier alpha value is -2.87. The van der Waals surface area contributed by atoms with Crippen LogP contribution in [0.25, 0.3) is 0 Å². The fraction of sp³-hybridized carbons (Fsp3) is 0.533. The van der Waals surface area contributed by atoms with E-state index in [2.05, 4.69) is 12.2 Å². The van der Waals surface area contributed by atoms with Gasteiger partial charge in [-0.3, -0.25) is 13.9 Å². The number of amides is 2. The molecule has 7 nitrogen and oxygen atoms in total. The largest absolute Gasteiger partial charge is 0.352 e. The average Bonchev–Trinajstić information content (AvgIpc) is 2.91. The molecule has 8 heteroatoms. The second-order valence-corrected chi connectivity index (χ2v) is 12.1. The van der Waals surface area contributed by atoms with Crippen molar-refractivity contribution in [1.29, 1.82) is 0 Å². The van der Waals surface area contributed by atoms with Crippen molar-refractivity contribution in [3.8, 4) is 0 Å². The third-order valence-corrected chi connectivity index (χ3v) is 8.51. The first kappa shape index (κ1) is 29.7. The fourth-order valence-corrected chi connectivity index (χ4v) is 6.11. The predicted molar refractivity (Wildman–Crippen MR) is 153 cm³/mol. The first-order valence-corrected chi connectivity index (χ1v) is 15.8. The molecule has 38 heavy (non-hydrogen) atoms. The third kappa shape index (κ3) is 8.58. The van der Waals surface area contributed by atoms with E-state index in [0.717, 1.165) is 43.2 Å². The van der Waals surface area contributed by atoms with Gasteiger partial charge in [0, 0.05) is 25.6 Å². The summed E-state index contributed by atoms with van der Waals surface area (Å²) in [5.74, 6) is -0.244. The smallest absolute Gasteiger partial charge is 0.243 e. The number of carbonyl (C=O) groups excluding carboxylic acids is 2. The number of sulfonamides is 1. The van der Waals surface area contributed by atoms with Crippen LogP contribution in [-0.2, 0) is 32.6 Å². The van der Waals surface area contributed by atoms with E-state index in [1.54, 1.807) is 4.90 Å². The van der Waals surface area contributed by atoms with Gasteiger partial charge in [0.2, 0.25) is 21.8 Å². The lowest BCUT2D eigenvalue weighted by molar-refractivity contribution is -0.141. The van der Waals surface area contributed by atoms with Crippen LogP contribution in [0.3, 0.4) is 0 Å². The van der Waals surface area contributed by atoms with Crippen molar-refractivity contribution < 1.29 is 18.0 Å². The number of benzene rings is 2. The van der Waals surface area contributed by atoms with Crippen LogP contribution in [0.15, 0.2) is 54.6 Å². The molecule has 2 aromatic rings. The highest BCUT2D eigenvalue weighted by atomic mass is 32.2. The molecule has 2 amide bonds. The molecule has 1 aliphatic rings. The second-order valence-electron chi connectivity index (χ2n) is 10.2. The lowest BCUT2D eigenvalue weighted by atomic mass is 9.95. The summed E-state index contributed by atoms with van der Waals surface area (Å²) in [7, 11) is -3.51. The van der Waals surface area contributed by atoms with Gasteiger partial charge in [-0.25, -0.2) is 8.42 Å². The lowest BCUT2D eigenvalue weighted by Crippen LogP contribution is -2.51. The van der Waals surface area contributed by atoms with Gasteiger partial charge in [-0.1, -0.05) is 75.6 Å². The maximum atomic E-state index is 13.6. The quantitative estimate of drug-likeness (QED) is 0.384. The van der Waals surface area contributed by atoms with E-state index >= 15 is 0 Å². The highest BCUT2D eigenvalue weighted by Gasteiger charge is 2.30. The van der Waals surface area contributed by atoms with Gasteiger partial charge in [-0.2, -0.15) is 0 Å². The van der Waals surface area contributed by atoms with Crippen molar-refractivity contribution in [2.75, 3.05) is 17.1 Å². The topological polar surface area (TPSA) is 86.8 Å². The van der Waals surface area contributed by atoms with Crippen LogP contribution in [0, 0.1) is 0 Å². The Kier molecular flexibility index (Phi) is 11.2. The summed E-state index contributed by atoms with van der Waals surface area (Å²) in [6.45, 7) is 4.52. The Morgan fingerprint density at radius 3 is 2.18 bits per heavy atom. The predicted octanol–water partition coefficient (Wildman–Crippen LogP) is 5.05. The van der Waals surface area contributed by atoms with Gasteiger partial charge >= 0.3 is 0 Å². The number of hydrogen-bond donors (Lipinski definition) is 1. The van der Waals surface area contributed by atoms with Gasteiger partial charge in [0.1, 0.15) is 6.04 Å². The van der Waals surface area contributed by atoms with Crippen molar-refractivity contribution in [2.45, 2.75) is 90.3 Å². The van der Waals surface area contributed by atoms with Gasteiger partial charge in [0.25, 0.3) is 0 Å². The van der Waals surface area contributed by atoms with Crippen molar-refractivity contribution in [2.24, 2.45) is 0 Å². The Bertz CT molecular complexity index is 1130. The molecule has 1 saturated carbocycles.